The third-order valence-electron chi connectivity index (χ3n) is 9.09. The molecule has 0 saturated carbocycles. The van der Waals surface area contributed by atoms with Crippen molar-refractivity contribution in [1.82, 2.24) is 9.13 Å². The van der Waals surface area contributed by atoms with E-state index < -0.39 is 0 Å². The summed E-state index contributed by atoms with van der Waals surface area (Å²) >= 11 is 1.91. The number of hydrogen-bond acceptors (Lipinski definition) is 1. The number of benzene rings is 7. The lowest BCUT2D eigenvalue weighted by Gasteiger charge is -2.10. The number of rotatable bonds is 2. The maximum Gasteiger partial charge on any atom is 0.0633 e. The summed E-state index contributed by atoms with van der Waals surface area (Å²) < 4.78 is 7.53. The Morgan fingerprint density at radius 1 is 0.395 bits per heavy atom. The molecule has 0 aliphatic rings. The molecule has 0 unspecified atom stereocenters. The van der Waals surface area contributed by atoms with Crippen LogP contribution in [0.25, 0.3) is 85.9 Å². The summed E-state index contributed by atoms with van der Waals surface area (Å²) in [5.74, 6) is 0. The van der Waals surface area contributed by atoms with E-state index in [-0.39, 0.29) is 0 Å². The van der Waals surface area contributed by atoms with Crippen LogP contribution in [0.4, 0.5) is 0 Å². The summed E-state index contributed by atoms with van der Waals surface area (Å²) in [5, 5.41) is 10.4. The fraction of sp³-hybridized carbons (Fsp3) is 0. The van der Waals surface area contributed by atoms with E-state index >= 15 is 0 Å². The van der Waals surface area contributed by atoms with Crippen LogP contribution in [-0.4, -0.2) is 9.13 Å². The molecule has 200 valence electrons. The van der Waals surface area contributed by atoms with Gasteiger partial charge in [0.2, 0.25) is 0 Å². The highest BCUT2D eigenvalue weighted by Crippen LogP contribution is 2.45. The van der Waals surface area contributed by atoms with Crippen LogP contribution in [-0.2, 0) is 0 Å². The highest BCUT2D eigenvalue weighted by atomic mass is 32.1. The average Bonchev–Trinajstić information content (AvgIpc) is 3.72. The molecule has 0 fully saturated rings. The first-order valence-electron chi connectivity index (χ1n) is 14.7. The molecule has 2 nitrogen and oxygen atoms in total. The van der Waals surface area contributed by atoms with Crippen LogP contribution < -0.4 is 0 Å². The summed E-state index contributed by atoms with van der Waals surface area (Å²) in [7, 11) is 0. The Balaban J connectivity index is 1.33. The van der Waals surface area contributed by atoms with Crippen molar-refractivity contribution in [2.75, 3.05) is 0 Å². The molecule has 10 aromatic rings. The van der Waals surface area contributed by atoms with Gasteiger partial charge in [-0.3, -0.25) is 0 Å². The van der Waals surface area contributed by atoms with E-state index in [1.807, 2.05) is 11.3 Å². The van der Waals surface area contributed by atoms with Gasteiger partial charge < -0.3 is 9.13 Å². The van der Waals surface area contributed by atoms with Crippen molar-refractivity contribution < 1.29 is 0 Å². The number of para-hydroxylation sites is 4. The van der Waals surface area contributed by atoms with E-state index in [4.69, 9.17) is 0 Å². The van der Waals surface area contributed by atoms with Crippen LogP contribution in [0.1, 0.15) is 0 Å². The van der Waals surface area contributed by atoms with Crippen molar-refractivity contribution in [3.63, 3.8) is 0 Å². The molecule has 0 aliphatic carbocycles. The summed E-state index contributed by atoms with van der Waals surface area (Å²) in [4.78, 5) is 0. The second-order valence-electron chi connectivity index (χ2n) is 11.3. The second-order valence-corrected chi connectivity index (χ2v) is 12.4. The first-order valence-corrected chi connectivity index (χ1v) is 15.5. The van der Waals surface area contributed by atoms with Gasteiger partial charge in [-0.1, -0.05) is 97.1 Å². The second kappa shape index (κ2) is 8.57. The minimum atomic E-state index is 1.19. The Morgan fingerprint density at radius 2 is 0.977 bits per heavy atom. The predicted octanol–water partition coefficient (Wildman–Crippen LogP) is 11.4. The Morgan fingerprint density at radius 3 is 1.67 bits per heavy atom. The minimum Gasteiger partial charge on any atom is -0.309 e. The normalized spacial score (nSPS) is 12.2. The molecule has 0 N–H and O–H groups in total. The van der Waals surface area contributed by atoms with E-state index in [2.05, 4.69) is 155 Å². The van der Waals surface area contributed by atoms with Crippen molar-refractivity contribution in [2.24, 2.45) is 0 Å². The van der Waals surface area contributed by atoms with Crippen LogP contribution in [0.5, 0.6) is 0 Å². The lowest BCUT2D eigenvalue weighted by atomic mass is 10.0. The molecule has 0 saturated heterocycles. The fourth-order valence-corrected chi connectivity index (χ4v) is 8.50. The maximum absolute atomic E-state index is 2.46. The van der Waals surface area contributed by atoms with Gasteiger partial charge in [0.1, 0.15) is 0 Å². The standard InChI is InChI=1S/C40H24N2S/c1-2-10-26(11-3-1)42-36-17-9-6-14-30(36)31-21-18-25-19-22-32-33-24-27(20-23-37(33)43-40(32)38(25)39(31)42)41-34-15-7-4-12-28(34)29-13-5-8-16-35(29)41/h1-24H. The maximum atomic E-state index is 2.46. The van der Waals surface area contributed by atoms with Crippen molar-refractivity contribution in [2.45, 2.75) is 0 Å². The predicted molar refractivity (Wildman–Crippen MR) is 186 cm³/mol. The highest BCUT2D eigenvalue weighted by molar-refractivity contribution is 7.26. The van der Waals surface area contributed by atoms with E-state index in [1.54, 1.807) is 0 Å². The molecule has 0 atom stereocenters. The molecule has 3 heteroatoms. The summed E-state index contributed by atoms with van der Waals surface area (Å²) in [6, 6.07) is 53.3. The molecule has 0 aliphatic heterocycles. The fourth-order valence-electron chi connectivity index (χ4n) is 7.26. The summed E-state index contributed by atoms with van der Waals surface area (Å²) in [5.41, 5.74) is 7.38. The van der Waals surface area contributed by atoms with E-state index in [1.165, 1.54) is 85.9 Å². The molecule has 3 heterocycles. The lowest BCUT2D eigenvalue weighted by molar-refractivity contribution is 1.19. The van der Waals surface area contributed by atoms with E-state index in [0.29, 0.717) is 0 Å². The van der Waals surface area contributed by atoms with Gasteiger partial charge in [-0.25, -0.2) is 0 Å². The number of hydrogen-bond donors (Lipinski definition) is 0. The zero-order valence-electron chi connectivity index (χ0n) is 23.2. The number of thiophene rings is 1. The quantitative estimate of drug-likeness (QED) is 0.198. The lowest BCUT2D eigenvalue weighted by Crippen LogP contribution is -1.94. The van der Waals surface area contributed by atoms with Crippen LogP contribution in [0.2, 0.25) is 0 Å². The van der Waals surface area contributed by atoms with E-state index in [0.717, 1.165) is 0 Å². The SMILES string of the molecule is c1ccc(-n2c3ccccc3c3ccc4ccc5c6cc(-n7c8ccccc8c8ccccc87)ccc6sc5c4c32)cc1. The number of aromatic nitrogens is 2. The van der Waals surface area contributed by atoms with Gasteiger partial charge in [0.25, 0.3) is 0 Å². The molecule has 7 aromatic carbocycles. The Hall–Kier alpha value is -5.38. The first kappa shape index (κ1) is 23.2. The zero-order chi connectivity index (χ0) is 28.1. The van der Waals surface area contributed by atoms with Crippen LogP contribution >= 0.6 is 11.3 Å². The highest BCUT2D eigenvalue weighted by Gasteiger charge is 2.19. The largest absolute Gasteiger partial charge is 0.309 e. The van der Waals surface area contributed by atoms with E-state index in [9.17, 15) is 0 Å². The van der Waals surface area contributed by atoms with Crippen LogP contribution in [0.15, 0.2) is 146 Å². The third-order valence-corrected chi connectivity index (χ3v) is 10.3. The van der Waals surface area contributed by atoms with Crippen molar-refractivity contribution in [3.05, 3.63) is 146 Å². The van der Waals surface area contributed by atoms with Crippen molar-refractivity contribution >= 4 is 85.9 Å². The van der Waals surface area contributed by atoms with Gasteiger partial charge in [-0.05, 0) is 53.9 Å². The van der Waals surface area contributed by atoms with Crippen molar-refractivity contribution in [3.8, 4) is 11.4 Å². The Kier molecular flexibility index (Phi) is 4.63. The summed E-state index contributed by atoms with van der Waals surface area (Å²) in [6.45, 7) is 0. The number of nitrogens with zero attached hydrogens (tertiary/aromatic N) is 2. The van der Waals surface area contributed by atoms with Gasteiger partial charge in [0, 0.05) is 58.5 Å². The van der Waals surface area contributed by atoms with Gasteiger partial charge in [0.15, 0.2) is 0 Å². The smallest absolute Gasteiger partial charge is 0.0633 e. The molecule has 43 heavy (non-hydrogen) atoms. The summed E-state index contributed by atoms with van der Waals surface area (Å²) in [6.07, 6.45) is 0. The average molecular weight is 565 g/mol. The monoisotopic (exact) mass is 564 g/mol. The zero-order valence-corrected chi connectivity index (χ0v) is 24.0. The molecule has 0 spiro atoms. The van der Waals surface area contributed by atoms with Crippen LogP contribution in [0, 0.1) is 0 Å². The molecule has 0 radical (unpaired) electrons. The topological polar surface area (TPSA) is 9.86 Å². The number of fused-ring (bicyclic) bond motifs is 12. The Bertz CT molecular complexity index is 2670. The van der Waals surface area contributed by atoms with Gasteiger partial charge in [-0.15, -0.1) is 11.3 Å². The third kappa shape index (κ3) is 3.12. The molecule has 0 bridgehead atoms. The van der Waals surface area contributed by atoms with Gasteiger partial charge in [0.05, 0.1) is 22.1 Å². The molecule has 3 aromatic heterocycles. The molecule has 10 rings (SSSR count). The van der Waals surface area contributed by atoms with Crippen molar-refractivity contribution in [1.29, 1.82) is 0 Å². The first-order chi connectivity index (χ1) is 21.3. The van der Waals surface area contributed by atoms with Gasteiger partial charge in [-0.2, -0.15) is 0 Å². The minimum absolute atomic E-state index is 1.19. The van der Waals surface area contributed by atoms with Gasteiger partial charge >= 0.3 is 0 Å². The van der Waals surface area contributed by atoms with Crippen LogP contribution in [0.3, 0.4) is 0 Å². The molecular weight excluding hydrogens is 541 g/mol. The molecule has 0 amide bonds. The molecular formula is C40H24N2S. The Labute approximate surface area is 251 Å².